The number of likely N-dealkylation sites (tertiary alicyclic amines) is 1. The van der Waals surface area contributed by atoms with Gasteiger partial charge in [0.1, 0.15) is 17.2 Å². The number of ether oxygens (including phenoxy) is 1. The van der Waals surface area contributed by atoms with Crippen molar-refractivity contribution in [2.75, 3.05) is 25.5 Å². The van der Waals surface area contributed by atoms with Crippen molar-refractivity contribution in [3.05, 3.63) is 47.8 Å². The summed E-state index contributed by atoms with van der Waals surface area (Å²) in [5.74, 6) is 1.89. The second-order valence-electron chi connectivity index (χ2n) is 7.57. The zero-order valence-corrected chi connectivity index (χ0v) is 16.5. The van der Waals surface area contributed by atoms with E-state index in [1.54, 1.807) is 7.11 Å². The molecule has 6 nitrogen and oxygen atoms in total. The topological polar surface area (TPSA) is 67.3 Å². The Morgan fingerprint density at radius 3 is 2.85 bits per heavy atom. The Hall–Kier alpha value is -2.47. The normalized spacial score (nSPS) is 17.6. The number of nitrogens with zero attached hydrogens (tertiary/aromatic N) is 3. The minimum Gasteiger partial charge on any atom is -0.369 e. The number of carbonyl (C=O) groups is 1. The van der Waals surface area contributed by atoms with Crippen molar-refractivity contribution < 1.29 is 9.53 Å². The number of methoxy groups -OCH3 is 1. The summed E-state index contributed by atoms with van der Waals surface area (Å²) < 4.78 is 5.37. The Morgan fingerprint density at radius 1 is 1.30 bits per heavy atom. The second-order valence-corrected chi connectivity index (χ2v) is 7.57. The molecule has 1 aliphatic rings. The zero-order valence-electron chi connectivity index (χ0n) is 16.5. The summed E-state index contributed by atoms with van der Waals surface area (Å²) in [5.41, 5.74) is 1.36. The Bertz CT molecular complexity index is 806. The van der Waals surface area contributed by atoms with Crippen LogP contribution in [0.1, 0.15) is 43.9 Å². The van der Waals surface area contributed by atoms with Gasteiger partial charge in [0.15, 0.2) is 0 Å². The minimum absolute atomic E-state index is 0.0473. The average Bonchev–Trinajstić information content (AvgIpc) is 2.68. The van der Waals surface area contributed by atoms with Crippen molar-refractivity contribution in [1.29, 1.82) is 0 Å². The molecule has 1 fully saturated rings. The smallest absolute Gasteiger partial charge is 0.254 e. The van der Waals surface area contributed by atoms with Crippen molar-refractivity contribution >= 4 is 17.5 Å². The Morgan fingerprint density at radius 2 is 2.11 bits per heavy atom. The summed E-state index contributed by atoms with van der Waals surface area (Å²) in [6, 6.07) is 9.95. The first-order chi connectivity index (χ1) is 12.9. The van der Waals surface area contributed by atoms with E-state index < -0.39 is 5.60 Å². The van der Waals surface area contributed by atoms with Crippen LogP contribution >= 0.6 is 0 Å². The third kappa shape index (κ3) is 4.63. The molecule has 0 bridgehead atoms. The average molecular weight is 368 g/mol. The van der Waals surface area contributed by atoms with E-state index in [0.29, 0.717) is 12.5 Å². The van der Waals surface area contributed by atoms with Gasteiger partial charge in [-0.1, -0.05) is 6.07 Å². The maximum Gasteiger partial charge on any atom is 0.254 e. The van der Waals surface area contributed by atoms with Crippen LogP contribution in [0.3, 0.4) is 0 Å². The monoisotopic (exact) mass is 368 g/mol. The number of carbonyl (C=O) groups excluding carboxylic acids is 1. The first-order valence-electron chi connectivity index (χ1n) is 9.40. The van der Waals surface area contributed by atoms with Crippen LogP contribution in [0.4, 0.5) is 11.6 Å². The van der Waals surface area contributed by atoms with E-state index >= 15 is 0 Å². The lowest BCUT2D eigenvalue weighted by Gasteiger charge is -2.37. The third-order valence-corrected chi connectivity index (χ3v) is 5.13. The van der Waals surface area contributed by atoms with E-state index in [2.05, 4.69) is 21.4 Å². The number of aromatic nitrogens is 2. The largest absolute Gasteiger partial charge is 0.369 e. The lowest BCUT2D eigenvalue weighted by atomic mass is 9.90. The summed E-state index contributed by atoms with van der Waals surface area (Å²) in [4.78, 5) is 23.5. The highest BCUT2D eigenvalue weighted by atomic mass is 16.5. The number of pyridine rings is 2. The molecule has 144 valence electrons. The van der Waals surface area contributed by atoms with E-state index in [1.165, 1.54) is 5.56 Å². The molecule has 0 unspecified atom stereocenters. The number of aryl methyl sites for hydroxylation is 1. The summed E-state index contributed by atoms with van der Waals surface area (Å²) >= 11 is 0. The molecule has 1 aliphatic heterocycles. The summed E-state index contributed by atoms with van der Waals surface area (Å²) in [5, 5.41) is 3.27. The van der Waals surface area contributed by atoms with Crippen molar-refractivity contribution in [2.45, 2.75) is 45.1 Å². The van der Waals surface area contributed by atoms with Crippen LogP contribution in [-0.4, -0.2) is 46.6 Å². The molecule has 1 atom stereocenters. The molecule has 2 aromatic rings. The molecular weight excluding hydrogens is 340 g/mol. The lowest BCUT2D eigenvalue weighted by Crippen LogP contribution is -2.49. The summed E-state index contributed by atoms with van der Waals surface area (Å²) in [7, 11) is 1.58. The SMILES string of the molecule is COC(C)(C)C(=O)N1CCC[C@H](c2ccnc(Nc3cccc(C)n3)c2)C1. The molecule has 27 heavy (non-hydrogen) atoms. The van der Waals surface area contributed by atoms with Crippen molar-refractivity contribution in [3.8, 4) is 0 Å². The third-order valence-electron chi connectivity index (χ3n) is 5.13. The van der Waals surface area contributed by atoms with Crippen LogP contribution in [0.5, 0.6) is 0 Å². The highest BCUT2D eigenvalue weighted by Gasteiger charge is 2.34. The van der Waals surface area contributed by atoms with Crippen LogP contribution < -0.4 is 5.32 Å². The van der Waals surface area contributed by atoms with Gasteiger partial charge in [0.05, 0.1) is 0 Å². The van der Waals surface area contributed by atoms with Crippen molar-refractivity contribution in [3.63, 3.8) is 0 Å². The number of piperidine rings is 1. The number of hydrogen-bond donors (Lipinski definition) is 1. The second kappa shape index (κ2) is 8.05. The first-order valence-corrected chi connectivity index (χ1v) is 9.40. The summed E-state index contributed by atoms with van der Waals surface area (Å²) in [6.07, 6.45) is 3.86. The number of amides is 1. The molecule has 0 radical (unpaired) electrons. The number of nitrogens with one attached hydrogen (secondary N) is 1. The van der Waals surface area contributed by atoms with Crippen LogP contribution in [0.2, 0.25) is 0 Å². The van der Waals surface area contributed by atoms with Crippen LogP contribution in [0.15, 0.2) is 36.5 Å². The highest BCUT2D eigenvalue weighted by Crippen LogP contribution is 2.30. The molecule has 3 heterocycles. The van der Waals surface area contributed by atoms with Gasteiger partial charge in [-0.25, -0.2) is 9.97 Å². The number of anilines is 2. The molecule has 3 rings (SSSR count). The highest BCUT2D eigenvalue weighted by molar-refractivity contribution is 5.84. The summed E-state index contributed by atoms with van der Waals surface area (Å²) in [6.45, 7) is 7.10. The van der Waals surface area contributed by atoms with E-state index in [-0.39, 0.29) is 5.91 Å². The van der Waals surface area contributed by atoms with Gasteiger partial charge < -0.3 is 15.0 Å². The predicted octanol–water partition coefficient (Wildman–Crippen LogP) is 3.66. The fourth-order valence-electron chi connectivity index (χ4n) is 3.41. The van der Waals surface area contributed by atoms with E-state index in [0.717, 1.165) is 36.7 Å². The van der Waals surface area contributed by atoms with Gasteiger partial charge in [-0.05, 0) is 63.4 Å². The lowest BCUT2D eigenvalue weighted by molar-refractivity contribution is -0.152. The quantitative estimate of drug-likeness (QED) is 0.872. The van der Waals surface area contributed by atoms with Crippen LogP contribution in [0.25, 0.3) is 0 Å². The minimum atomic E-state index is -0.788. The molecule has 1 N–H and O–H groups in total. The van der Waals surface area contributed by atoms with Gasteiger partial charge in [-0.15, -0.1) is 0 Å². The number of rotatable bonds is 5. The Balaban J connectivity index is 1.73. The molecule has 6 heteroatoms. The van der Waals surface area contributed by atoms with E-state index in [9.17, 15) is 4.79 Å². The van der Waals surface area contributed by atoms with Crippen molar-refractivity contribution in [1.82, 2.24) is 14.9 Å². The van der Waals surface area contributed by atoms with Gasteiger partial charge in [0.2, 0.25) is 0 Å². The van der Waals surface area contributed by atoms with Crippen LogP contribution in [0, 0.1) is 6.92 Å². The standard InChI is InChI=1S/C21H28N4O2/c1-15-7-5-9-18(23-15)24-19-13-16(10-11-22-19)17-8-6-12-25(14-17)20(26)21(2,3)27-4/h5,7,9-11,13,17H,6,8,12,14H2,1-4H3,(H,22,23,24)/t17-/m0/s1. The van der Waals surface area contributed by atoms with Gasteiger partial charge in [0.25, 0.3) is 5.91 Å². The van der Waals surface area contributed by atoms with Gasteiger partial charge in [-0.2, -0.15) is 0 Å². The van der Waals surface area contributed by atoms with Gasteiger partial charge in [-0.3, -0.25) is 4.79 Å². The predicted molar refractivity (Wildman–Crippen MR) is 106 cm³/mol. The zero-order chi connectivity index (χ0) is 19.4. The molecule has 1 saturated heterocycles. The molecule has 1 amide bonds. The first kappa shape index (κ1) is 19.3. The molecule has 2 aromatic heterocycles. The van der Waals surface area contributed by atoms with Crippen LogP contribution in [-0.2, 0) is 9.53 Å². The molecule has 0 spiro atoms. The molecule has 0 aliphatic carbocycles. The fourth-order valence-corrected chi connectivity index (χ4v) is 3.41. The Labute approximate surface area is 161 Å². The molecule has 0 saturated carbocycles. The number of hydrogen-bond acceptors (Lipinski definition) is 5. The maximum atomic E-state index is 12.7. The van der Waals surface area contributed by atoms with Gasteiger partial charge >= 0.3 is 0 Å². The van der Waals surface area contributed by atoms with E-state index in [4.69, 9.17) is 4.74 Å². The van der Waals surface area contributed by atoms with Crippen molar-refractivity contribution in [2.24, 2.45) is 0 Å². The maximum absolute atomic E-state index is 12.7. The molecule has 0 aromatic carbocycles. The molecular formula is C21H28N4O2. The fraction of sp³-hybridized carbons (Fsp3) is 0.476. The van der Waals surface area contributed by atoms with Gasteiger partial charge in [0, 0.05) is 38.0 Å². The van der Waals surface area contributed by atoms with E-state index in [1.807, 2.05) is 56.1 Å². The Kier molecular flexibility index (Phi) is 5.75.